The minimum atomic E-state index is -3.57. The molecular formula is C19H21N3O6S2. The summed E-state index contributed by atoms with van der Waals surface area (Å²) in [4.78, 5) is 24.5. The number of hydrogen-bond donors (Lipinski definition) is 2. The van der Waals surface area contributed by atoms with Gasteiger partial charge in [0.2, 0.25) is 10.0 Å². The van der Waals surface area contributed by atoms with Crippen molar-refractivity contribution in [3.05, 3.63) is 59.7 Å². The Morgan fingerprint density at radius 1 is 0.733 bits per heavy atom. The fourth-order valence-electron chi connectivity index (χ4n) is 2.97. The highest BCUT2D eigenvalue weighted by molar-refractivity contribution is 7.90. The fourth-order valence-corrected chi connectivity index (χ4v) is 5.11. The first-order chi connectivity index (χ1) is 14.1. The number of carbonyl (C=O) groups excluding carboxylic acids is 2. The molecule has 2 aromatic rings. The fraction of sp³-hybridized carbons (Fsp3) is 0.263. The molecule has 9 nitrogen and oxygen atoms in total. The summed E-state index contributed by atoms with van der Waals surface area (Å²) < 4.78 is 49.3. The van der Waals surface area contributed by atoms with E-state index < -0.39 is 31.7 Å². The lowest BCUT2D eigenvalue weighted by atomic mass is 10.2. The number of carbonyl (C=O) groups is 2. The van der Waals surface area contributed by atoms with E-state index in [-0.39, 0.29) is 20.9 Å². The van der Waals surface area contributed by atoms with Gasteiger partial charge in [-0.05, 0) is 61.4 Å². The molecule has 2 aromatic carbocycles. The van der Waals surface area contributed by atoms with Crippen molar-refractivity contribution in [3.63, 3.8) is 0 Å². The molecule has 0 spiro atoms. The Morgan fingerprint density at radius 3 is 1.53 bits per heavy atom. The zero-order valence-electron chi connectivity index (χ0n) is 16.2. The molecule has 0 unspecified atom stereocenters. The maximum Gasteiger partial charge on any atom is 0.269 e. The van der Waals surface area contributed by atoms with Crippen LogP contribution in [0, 0.1) is 0 Å². The summed E-state index contributed by atoms with van der Waals surface area (Å²) in [5.41, 5.74) is 4.80. The van der Waals surface area contributed by atoms with E-state index in [0.29, 0.717) is 13.1 Å². The van der Waals surface area contributed by atoms with Gasteiger partial charge >= 0.3 is 0 Å². The molecule has 1 fully saturated rings. The average molecular weight is 452 g/mol. The Bertz CT molecular complexity index is 1150. The Hall–Kier alpha value is -2.76. The van der Waals surface area contributed by atoms with Crippen LogP contribution in [0.15, 0.2) is 58.3 Å². The van der Waals surface area contributed by atoms with Crippen LogP contribution in [-0.4, -0.2) is 52.3 Å². The predicted octanol–water partition coefficient (Wildman–Crippen LogP) is 0.949. The summed E-state index contributed by atoms with van der Waals surface area (Å²) >= 11 is 0. The molecular weight excluding hydrogens is 430 g/mol. The molecule has 1 aliphatic heterocycles. The third kappa shape index (κ3) is 4.86. The van der Waals surface area contributed by atoms with Gasteiger partial charge in [0, 0.05) is 30.5 Å². The predicted molar refractivity (Wildman–Crippen MR) is 109 cm³/mol. The van der Waals surface area contributed by atoms with Crippen LogP contribution in [0.4, 0.5) is 0 Å². The number of nitrogens with one attached hydrogen (secondary N) is 2. The molecule has 3 rings (SSSR count). The molecule has 1 heterocycles. The molecule has 2 amide bonds. The number of hydrogen-bond acceptors (Lipinski definition) is 6. The molecule has 1 saturated heterocycles. The lowest BCUT2D eigenvalue weighted by Gasteiger charge is -2.15. The Labute approximate surface area is 175 Å². The van der Waals surface area contributed by atoms with E-state index in [1.165, 1.54) is 52.8 Å². The summed E-state index contributed by atoms with van der Waals surface area (Å²) in [5.74, 6) is -1.25. The van der Waals surface area contributed by atoms with Crippen molar-refractivity contribution in [1.29, 1.82) is 0 Å². The van der Waals surface area contributed by atoms with Gasteiger partial charge in [-0.2, -0.15) is 4.31 Å². The zero-order chi connectivity index (χ0) is 21.9. The number of sulfone groups is 1. The van der Waals surface area contributed by atoms with Crippen LogP contribution < -0.4 is 10.9 Å². The number of hydrazine groups is 1. The molecule has 0 aromatic heterocycles. The lowest BCUT2D eigenvalue weighted by molar-refractivity contribution is 0.0846. The SMILES string of the molecule is CS(=O)(=O)c1ccc(C(=O)NNC(=O)c2ccc(S(=O)(=O)N3CCCC3)cc2)cc1. The molecule has 30 heavy (non-hydrogen) atoms. The van der Waals surface area contributed by atoms with Crippen LogP contribution in [0.25, 0.3) is 0 Å². The summed E-state index contributed by atoms with van der Waals surface area (Å²) in [7, 11) is -6.94. The summed E-state index contributed by atoms with van der Waals surface area (Å²) in [6.07, 6.45) is 2.72. The number of nitrogens with zero attached hydrogens (tertiary/aromatic N) is 1. The second-order valence-electron chi connectivity index (χ2n) is 6.84. The number of benzene rings is 2. The van der Waals surface area contributed by atoms with Gasteiger partial charge in [-0.15, -0.1) is 0 Å². The van der Waals surface area contributed by atoms with E-state index in [4.69, 9.17) is 0 Å². The topological polar surface area (TPSA) is 130 Å². The lowest BCUT2D eigenvalue weighted by Crippen LogP contribution is -2.41. The van der Waals surface area contributed by atoms with E-state index in [2.05, 4.69) is 10.9 Å². The summed E-state index contributed by atoms with van der Waals surface area (Å²) in [6, 6.07) is 10.7. The Kier molecular flexibility index (Phi) is 6.25. The van der Waals surface area contributed by atoms with E-state index >= 15 is 0 Å². The van der Waals surface area contributed by atoms with Crippen molar-refractivity contribution in [2.24, 2.45) is 0 Å². The molecule has 2 N–H and O–H groups in total. The minimum Gasteiger partial charge on any atom is -0.267 e. The zero-order valence-corrected chi connectivity index (χ0v) is 17.8. The van der Waals surface area contributed by atoms with Crippen molar-refractivity contribution >= 4 is 31.7 Å². The third-order valence-electron chi connectivity index (χ3n) is 4.65. The maximum absolute atomic E-state index is 12.5. The number of sulfonamides is 1. The average Bonchev–Trinajstić information content (AvgIpc) is 3.27. The van der Waals surface area contributed by atoms with Crippen molar-refractivity contribution in [3.8, 4) is 0 Å². The van der Waals surface area contributed by atoms with E-state index in [1.807, 2.05) is 0 Å². The first kappa shape index (κ1) is 21.9. The molecule has 0 saturated carbocycles. The Morgan fingerprint density at radius 2 is 1.13 bits per heavy atom. The first-order valence-corrected chi connectivity index (χ1v) is 12.4. The van der Waals surface area contributed by atoms with E-state index in [9.17, 15) is 26.4 Å². The maximum atomic E-state index is 12.5. The highest BCUT2D eigenvalue weighted by atomic mass is 32.2. The van der Waals surface area contributed by atoms with Crippen molar-refractivity contribution < 1.29 is 26.4 Å². The standard InChI is InChI=1S/C19H21N3O6S2/c1-29(25,26)16-8-4-14(5-9-16)18(23)20-21-19(24)15-6-10-17(11-7-15)30(27,28)22-12-2-3-13-22/h4-11H,2-3,12-13H2,1H3,(H,20,23)(H,21,24). The largest absolute Gasteiger partial charge is 0.269 e. The molecule has 0 bridgehead atoms. The van der Waals surface area contributed by atoms with Crippen LogP contribution in [-0.2, 0) is 19.9 Å². The molecule has 0 aliphatic carbocycles. The summed E-state index contributed by atoms with van der Waals surface area (Å²) in [6.45, 7) is 0.976. The Balaban J connectivity index is 1.61. The minimum absolute atomic E-state index is 0.0760. The van der Waals surface area contributed by atoms with Gasteiger partial charge in [0.1, 0.15) is 0 Å². The van der Waals surface area contributed by atoms with Crippen molar-refractivity contribution in [2.45, 2.75) is 22.6 Å². The van der Waals surface area contributed by atoms with E-state index in [0.717, 1.165) is 19.1 Å². The molecule has 1 aliphatic rings. The van der Waals surface area contributed by atoms with Crippen LogP contribution >= 0.6 is 0 Å². The molecule has 0 atom stereocenters. The van der Waals surface area contributed by atoms with Crippen LogP contribution in [0.3, 0.4) is 0 Å². The monoisotopic (exact) mass is 451 g/mol. The van der Waals surface area contributed by atoms with Gasteiger partial charge in [0.05, 0.1) is 9.79 Å². The molecule has 11 heteroatoms. The van der Waals surface area contributed by atoms with Crippen LogP contribution in [0.2, 0.25) is 0 Å². The van der Waals surface area contributed by atoms with Gasteiger partial charge < -0.3 is 0 Å². The van der Waals surface area contributed by atoms with Crippen LogP contribution in [0.5, 0.6) is 0 Å². The van der Waals surface area contributed by atoms with E-state index in [1.54, 1.807) is 0 Å². The van der Waals surface area contributed by atoms with Gasteiger partial charge in [0.25, 0.3) is 11.8 Å². The second kappa shape index (κ2) is 8.54. The van der Waals surface area contributed by atoms with Crippen molar-refractivity contribution in [1.82, 2.24) is 15.2 Å². The highest BCUT2D eigenvalue weighted by Gasteiger charge is 2.27. The first-order valence-electron chi connectivity index (χ1n) is 9.10. The molecule has 0 radical (unpaired) electrons. The summed E-state index contributed by atoms with van der Waals surface area (Å²) in [5, 5.41) is 0. The normalized spacial score (nSPS) is 15.0. The van der Waals surface area contributed by atoms with Gasteiger partial charge in [0.15, 0.2) is 9.84 Å². The second-order valence-corrected chi connectivity index (χ2v) is 10.8. The smallest absolute Gasteiger partial charge is 0.267 e. The van der Waals surface area contributed by atoms with Crippen molar-refractivity contribution in [2.75, 3.05) is 19.3 Å². The van der Waals surface area contributed by atoms with Gasteiger partial charge in [-0.25, -0.2) is 16.8 Å². The van der Waals surface area contributed by atoms with Gasteiger partial charge in [-0.3, -0.25) is 20.4 Å². The van der Waals surface area contributed by atoms with Gasteiger partial charge in [-0.1, -0.05) is 0 Å². The molecule has 160 valence electrons. The number of amides is 2. The highest BCUT2D eigenvalue weighted by Crippen LogP contribution is 2.21. The van der Waals surface area contributed by atoms with Crippen LogP contribution in [0.1, 0.15) is 33.6 Å². The number of rotatable bonds is 5. The third-order valence-corrected chi connectivity index (χ3v) is 7.69. The quantitative estimate of drug-likeness (QED) is 0.651.